The maximum atomic E-state index is 12.0. The van der Waals surface area contributed by atoms with Crippen molar-refractivity contribution in [3.05, 3.63) is 58.6 Å². The summed E-state index contributed by atoms with van der Waals surface area (Å²) < 4.78 is 34.2. The summed E-state index contributed by atoms with van der Waals surface area (Å²) in [6.45, 7) is 1.80. The summed E-state index contributed by atoms with van der Waals surface area (Å²) in [5.41, 5.74) is 1.63. The average molecular weight is 327 g/mol. The molecule has 0 heterocycles. The second-order valence-electron chi connectivity index (χ2n) is 4.50. The fourth-order valence-electron chi connectivity index (χ4n) is 1.72. The van der Waals surface area contributed by atoms with Gasteiger partial charge >= 0.3 is 0 Å². The molecular weight excluding hydrogens is 312 g/mol. The van der Waals surface area contributed by atoms with Crippen LogP contribution in [-0.2, 0) is 20.9 Å². The van der Waals surface area contributed by atoms with E-state index in [1.165, 1.54) is 19.2 Å². The number of aryl methyl sites for hydroxylation is 1. The molecule has 0 aromatic heterocycles. The number of ether oxygens (including phenoxy) is 1. The molecule has 112 valence electrons. The van der Waals surface area contributed by atoms with Crippen LogP contribution >= 0.6 is 11.6 Å². The van der Waals surface area contributed by atoms with Gasteiger partial charge in [-0.3, -0.25) is 4.18 Å². The Morgan fingerprint density at radius 1 is 1.10 bits per heavy atom. The third kappa shape index (κ3) is 3.97. The van der Waals surface area contributed by atoms with Crippen LogP contribution in [0.15, 0.2) is 47.4 Å². The third-order valence-corrected chi connectivity index (χ3v) is 4.48. The highest BCUT2D eigenvalue weighted by atomic mass is 35.5. The van der Waals surface area contributed by atoms with E-state index in [1.807, 2.05) is 6.92 Å². The predicted molar refractivity (Wildman–Crippen MR) is 81.2 cm³/mol. The minimum Gasteiger partial charge on any atom is -0.495 e. The number of halogens is 1. The smallest absolute Gasteiger partial charge is 0.297 e. The molecule has 0 radical (unpaired) electrons. The van der Waals surface area contributed by atoms with E-state index < -0.39 is 10.1 Å². The van der Waals surface area contributed by atoms with Gasteiger partial charge in [-0.1, -0.05) is 35.4 Å². The lowest BCUT2D eigenvalue weighted by atomic mass is 10.2. The zero-order valence-corrected chi connectivity index (χ0v) is 13.2. The van der Waals surface area contributed by atoms with Crippen molar-refractivity contribution in [3.63, 3.8) is 0 Å². The zero-order valence-electron chi connectivity index (χ0n) is 11.7. The Morgan fingerprint density at radius 2 is 1.76 bits per heavy atom. The Hall–Kier alpha value is -1.56. The Balaban J connectivity index is 2.11. The second-order valence-corrected chi connectivity index (χ2v) is 6.52. The molecule has 0 saturated carbocycles. The maximum Gasteiger partial charge on any atom is 0.297 e. The molecule has 0 unspecified atom stereocenters. The van der Waals surface area contributed by atoms with Crippen LogP contribution < -0.4 is 4.74 Å². The van der Waals surface area contributed by atoms with E-state index >= 15 is 0 Å². The molecule has 0 aliphatic rings. The molecule has 0 atom stereocenters. The van der Waals surface area contributed by atoms with Gasteiger partial charge in [0.1, 0.15) is 5.75 Å². The highest BCUT2D eigenvalue weighted by Crippen LogP contribution is 2.25. The van der Waals surface area contributed by atoms with Crippen molar-refractivity contribution < 1.29 is 17.3 Å². The normalized spacial score (nSPS) is 11.4. The van der Waals surface area contributed by atoms with Crippen LogP contribution in [0, 0.1) is 6.92 Å². The summed E-state index contributed by atoms with van der Waals surface area (Å²) in [6, 6.07) is 11.5. The van der Waals surface area contributed by atoms with Crippen LogP contribution in [0.3, 0.4) is 0 Å². The van der Waals surface area contributed by atoms with Crippen LogP contribution in [0.1, 0.15) is 11.1 Å². The highest BCUT2D eigenvalue weighted by Gasteiger charge is 2.15. The molecular formula is C15H15ClO4S. The van der Waals surface area contributed by atoms with Crippen LogP contribution in [0.25, 0.3) is 0 Å². The molecule has 2 aromatic carbocycles. The maximum absolute atomic E-state index is 12.0. The van der Waals surface area contributed by atoms with Gasteiger partial charge in [0, 0.05) is 0 Å². The quantitative estimate of drug-likeness (QED) is 0.788. The van der Waals surface area contributed by atoms with Gasteiger partial charge in [-0.25, -0.2) is 0 Å². The first-order chi connectivity index (χ1) is 9.92. The second kappa shape index (κ2) is 6.47. The van der Waals surface area contributed by atoms with Gasteiger partial charge < -0.3 is 4.74 Å². The molecule has 0 saturated heterocycles. The Bertz CT molecular complexity index is 724. The van der Waals surface area contributed by atoms with Gasteiger partial charge in [-0.15, -0.1) is 0 Å². The summed E-state index contributed by atoms with van der Waals surface area (Å²) >= 11 is 5.98. The Labute approximate surface area is 129 Å². The van der Waals surface area contributed by atoms with E-state index in [4.69, 9.17) is 20.5 Å². The van der Waals surface area contributed by atoms with Gasteiger partial charge in [-0.05, 0) is 36.8 Å². The van der Waals surface area contributed by atoms with Crippen molar-refractivity contribution >= 4 is 21.7 Å². The lowest BCUT2D eigenvalue weighted by Crippen LogP contribution is -2.06. The SMILES string of the molecule is COc1ccc(COS(=O)(=O)c2ccc(C)cc2)cc1Cl. The number of hydrogen-bond donors (Lipinski definition) is 0. The van der Waals surface area contributed by atoms with Gasteiger partial charge in [0.15, 0.2) is 0 Å². The van der Waals surface area contributed by atoms with Crippen LogP contribution in [0.2, 0.25) is 5.02 Å². The molecule has 4 nitrogen and oxygen atoms in total. The van der Waals surface area contributed by atoms with Crippen molar-refractivity contribution in [1.29, 1.82) is 0 Å². The van der Waals surface area contributed by atoms with E-state index in [-0.39, 0.29) is 11.5 Å². The Morgan fingerprint density at radius 3 is 2.33 bits per heavy atom. The molecule has 0 aliphatic carbocycles. The number of benzene rings is 2. The summed E-state index contributed by atoms with van der Waals surface area (Å²) in [5, 5.41) is 0.409. The first-order valence-electron chi connectivity index (χ1n) is 6.21. The first-order valence-corrected chi connectivity index (χ1v) is 7.99. The Kier molecular flexibility index (Phi) is 4.88. The monoisotopic (exact) mass is 326 g/mol. The minimum absolute atomic E-state index is 0.0834. The number of rotatable bonds is 5. The van der Waals surface area contributed by atoms with E-state index in [2.05, 4.69) is 0 Å². The van der Waals surface area contributed by atoms with Crippen molar-refractivity contribution in [2.24, 2.45) is 0 Å². The lowest BCUT2D eigenvalue weighted by molar-refractivity contribution is 0.308. The van der Waals surface area contributed by atoms with Gasteiger partial charge in [0.05, 0.1) is 23.6 Å². The molecule has 0 N–H and O–H groups in total. The molecule has 2 rings (SSSR count). The standard InChI is InChI=1S/C15H15ClO4S/c1-11-3-6-13(7-4-11)21(17,18)20-10-12-5-8-15(19-2)14(16)9-12/h3-9H,10H2,1-2H3. The van der Waals surface area contributed by atoms with Gasteiger partial charge in [-0.2, -0.15) is 8.42 Å². The molecule has 0 aliphatic heterocycles. The summed E-state index contributed by atoms with van der Waals surface area (Å²) in [7, 11) is -2.26. The molecule has 2 aromatic rings. The number of hydrogen-bond acceptors (Lipinski definition) is 4. The fourth-order valence-corrected chi connectivity index (χ4v) is 2.90. The van der Waals surface area contributed by atoms with E-state index in [0.29, 0.717) is 16.3 Å². The van der Waals surface area contributed by atoms with Crippen molar-refractivity contribution in [1.82, 2.24) is 0 Å². The topological polar surface area (TPSA) is 52.6 Å². The van der Waals surface area contributed by atoms with Crippen molar-refractivity contribution in [3.8, 4) is 5.75 Å². The average Bonchev–Trinajstić information content (AvgIpc) is 2.46. The van der Waals surface area contributed by atoms with Gasteiger partial charge in [0.25, 0.3) is 10.1 Å². The molecule has 0 spiro atoms. The molecule has 0 fully saturated rings. The van der Waals surface area contributed by atoms with Crippen LogP contribution in [0.5, 0.6) is 5.75 Å². The van der Waals surface area contributed by atoms with E-state index in [1.54, 1.807) is 30.3 Å². The molecule has 0 amide bonds. The van der Waals surface area contributed by atoms with Crippen molar-refractivity contribution in [2.75, 3.05) is 7.11 Å². The summed E-state index contributed by atoms with van der Waals surface area (Å²) in [5.74, 6) is 0.529. The van der Waals surface area contributed by atoms with Crippen molar-refractivity contribution in [2.45, 2.75) is 18.4 Å². The fraction of sp³-hybridized carbons (Fsp3) is 0.200. The zero-order chi connectivity index (χ0) is 15.5. The van der Waals surface area contributed by atoms with Gasteiger partial charge in [0.2, 0.25) is 0 Å². The van der Waals surface area contributed by atoms with E-state index in [0.717, 1.165) is 5.56 Å². The third-order valence-electron chi connectivity index (χ3n) is 2.91. The first kappa shape index (κ1) is 15.8. The summed E-state index contributed by atoms with van der Waals surface area (Å²) in [6.07, 6.45) is 0. The summed E-state index contributed by atoms with van der Waals surface area (Å²) in [4.78, 5) is 0.132. The molecule has 21 heavy (non-hydrogen) atoms. The number of methoxy groups -OCH3 is 1. The molecule has 6 heteroatoms. The minimum atomic E-state index is -3.78. The highest BCUT2D eigenvalue weighted by molar-refractivity contribution is 7.86. The lowest BCUT2D eigenvalue weighted by Gasteiger charge is -2.08. The van der Waals surface area contributed by atoms with Crippen LogP contribution in [-0.4, -0.2) is 15.5 Å². The van der Waals surface area contributed by atoms with E-state index in [9.17, 15) is 8.42 Å². The predicted octanol–water partition coefficient (Wildman–Crippen LogP) is 3.56. The largest absolute Gasteiger partial charge is 0.495 e. The van der Waals surface area contributed by atoms with Crippen LogP contribution in [0.4, 0.5) is 0 Å². The molecule has 0 bridgehead atoms.